The smallest absolute Gasteiger partial charge is 0.0725 e. The van der Waals surface area contributed by atoms with Crippen LogP contribution < -0.4 is 4.90 Å². The normalized spacial score (nSPS) is 12.8. The van der Waals surface area contributed by atoms with Crippen molar-refractivity contribution in [1.29, 1.82) is 0 Å². The van der Waals surface area contributed by atoms with Crippen LogP contribution in [0.5, 0.6) is 0 Å². The van der Waals surface area contributed by atoms with E-state index >= 15 is 0 Å². The molecule has 1 nitrogen and oxygen atoms in total. The Balaban J connectivity index is 1.03. The molecule has 0 heterocycles. The van der Waals surface area contributed by atoms with E-state index in [-0.39, 0.29) is 5.41 Å². The second-order valence-corrected chi connectivity index (χ2v) is 15.8. The Labute approximate surface area is 341 Å². The van der Waals surface area contributed by atoms with Gasteiger partial charge in [-0.3, -0.25) is 0 Å². The molecule has 11 rings (SSSR count). The van der Waals surface area contributed by atoms with E-state index in [0.717, 1.165) is 11.4 Å². The lowest BCUT2D eigenvalue weighted by molar-refractivity contribution is 0.794. The molecule has 0 saturated carbocycles. The van der Waals surface area contributed by atoms with E-state index < -0.39 is 0 Å². The molecule has 0 bridgehead atoms. The topological polar surface area (TPSA) is 3.24 Å². The Kier molecular flexibility index (Phi) is 7.91. The van der Waals surface area contributed by atoms with Crippen LogP contribution in [0.25, 0.3) is 55.6 Å². The predicted molar refractivity (Wildman–Crippen MR) is 243 cm³/mol. The highest BCUT2D eigenvalue weighted by Crippen LogP contribution is 2.63. The maximum atomic E-state index is 2.45. The molecule has 0 aliphatic heterocycles. The van der Waals surface area contributed by atoms with E-state index in [1.807, 2.05) is 0 Å². The highest BCUT2D eigenvalue weighted by Gasteiger charge is 2.51. The fraction of sp³-hybridized carbons (Fsp3) is 0.0526. The van der Waals surface area contributed by atoms with Crippen LogP contribution in [0.4, 0.5) is 17.1 Å². The van der Waals surface area contributed by atoms with E-state index in [0.29, 0.717) is 0 Å². The number of nitrogens with zero attached hydrogens (tertiary/aromatic N) is 1. The van der Waals surface area contributed by atoms with Crippen LogP contribution in [0.2, 0.25) is 0 Å². The molecule has 0 atom stereocenters. The second kappa shape index (κ2) is 13.5. The molecular weight excluding hydrogens is 699 g/mol. The Morgan fingerprint density at radius 3 is 1.19 bits per heavy atom. The Bertz CT molecular complexity index is 2870. The molecule has 1 heteroatoms. The van der Waals surface area contributed by atoms with Crippen LogP contribution in [-0.4, -0.2) is 0 Å². The first-order valence-electron chi connectivity index (χ1n) is 20.3. The van der Waals surface area contributed by atoms with Crippen molar-refractivity contribution in [2.24, 2.45) is 0 Å². The molecular formula is C57H41N. The lowest BCUT2D eigenvalue weighted by atomic mass is 9.70. The standard InChI is InChI=1S/C57H41N/c1-38-36-56(58(45-30-25-42(26-31-45)40-15-5-3-6-16-40)46-32-27-43(28-33-46)41-17-7-4-8-18-41)39(2)35-50(38)44-29-34-55-51(37-44)49-21-11-14-24-54(49)57(55)52-22-12-9-19-47(52)48-20-10-13-23-53(48)57/h3-37H,1-2H3. The average Bonchev–Trinajstić information content (AvgIpc) is 3.76. The quantitative estimate of drug-likeness (QED) is 0.164. The molecule has 0 aromatic heterocycles. The van der Waals surface area contributed by atoms with Crippen molar-refractivity contribution < 1.29 is 0 Å². The van der Waals surface area contributed by atoms with Gasteiger partial charge in [-0.05, 0) is 145 Å². The zero-order chi connectivity index (χ0) is 38.8. The van der Waals surface area contributed by atoms with Gasteiger partial charge in [0.25, 0.3) is 0 Å². The summed E-state index contributed by atoms with van der Waals surface area (Å²) in [6.07, 6.45) is 0. The number of fused-ring (bicyclic) bond motifs is 10. The summed E-state index contributed by atoms with van der Waals surface area (Å²) in [4.78, 5) is 2.41. The van der Waals surface area contributed by atoms with E-state index in [9.17, 15) is 0 Å². The van der Waals surface area contributed by atoms with Gasteiger partial charge in [0.05, 0.1) is 5.41 Å². The summed E-state index contributed by atoms with van der Waals surface area (Å²) in [7, 11) is 0. The summed E-state index contributed by atoms with van der Waals surface area (Å²) in [6.45, 7) is 4.52. The first kappa shape index (κ1) is 34.1. The first-order valence-corrected chi connectivity index (χ1v) is 20.3. The van der Waals surface area contributed by atoms with Crippen LogP contribution in [-0.2, 0) is 5.41 Å². The number of hydrogen-bond donors (Lipinski definition) is 0. The minimum absolute atomic E-state index is 0.334. The summed E-state index contributed by atoms with van der Waals surface area (Å²) in [5.41, 5.74) is 23.7. The molecule has 9 aromatic carbocycles. The zero-order valence-corrected chi connectivity index (χ0v) is 32.7. The van der Waals surface area contributed by atoms with Crippen molar-refractivity contribution in [3.63, 3.8) is 0 Å². The zero-order valence-electron chi connectivity index (χ0n) is 32.7. The molecule has 58 heavy (non-hydrogen) atoms. The second-order valence-electron chi connectivity index (χ2n) is 15.8. The monoisotopic (exact) mass is 739 g/mol. The molecule has 0 radical (unpaired) electrons. The van der Waals surface area contributed by atoms with Crippen molar-refractivity contribution >= 4 is 17.1 Å². The van der Waals surface area contributed by atoms with Gasteiger partial charge >= 0.3 is 0 Å². The van der Waals surface area contributed by atoms with Gasteiger partial charge in [-0.25, -0.2) is 0 Å². The lowest BCUT2D eigenvalue weighted by Gasteiger charge is -2.30. The Morgan fingerprint density at radius 2 is 0.690 bits per heavy atom. The van der Waals surface area contributed by atoms with Gasteiger partial charge in [0.2, 0.25) is 0 Å². The van der Waals surface area contributed by atoms with Gasteiger partial charge in [0.1, 0.15) is 0 Å². The summed E-state index contributed by atoms with van der Waals surface area (Å²) >= 11 is 0. The molecule has 0 N–H and O–H groups in total. The Hall–Kier alpha value is -7.22. The van der Waals surface area contributed by atoms with Crippen LogP contribution in [0.1, 0.15) is 33.4 Å². The van der Waals surface area contributed by atoms with Crippen LogP contribution >= 0.6 is 0 Å². The molecule has 1 spiro atoms. The minimum atomic E-state index is -0.334. The van der Waals surface area contributed by atoms with E-state index in [1.54, 1.807) is 0 Å². The summed E-state index contributed by atoms with van der Waals surface area (Å²) < 4.78 is 0. The van der Waals surface area contributed by atoms with Crippen molar-refractivity contribution in [3.8, 4) is 55.6 Å². The van der Waals surface area contributed by atoms with Crippen LogP contribution in [0.3, 0.4) is 0 Å². The molecule has 0 fully saturated rings. The third-order valence-corrected chi connectivity index (χ3v) is 12.6. The number of aryl methyl sites for hydroxylation is 2. The maximum absolute atomic E-state index is 2.45. The van der Waals surface area contributed by atoms with Crippen molar-refractivity contribution in [1.82, 2.24) is 0 Å². The fourth-order valence-corrected chi connectivity index (χ4v) is 9.91. The predicted octanol–water partition coefficient (Wildman–Crippen LogP) is 15.1. The number of anilines is 3. The summed E-state index contributed by atoms with van der Waals surface area (Å²) in [5, 5.41) is 0. The minimum Gasteiger partial charge on any atom is -0.310 e. The van der Waals surface area contributed by atoms with Gasteiger partial charge in [0.15, 0.2) is 0 Å². The van der Waals surface area contributed by atoms with E-state index in [1.165, 1.54) is 94.7 Å². The molecule has 9 aromatic rings. The van der Waals surface area contributed by atoms with Crippen molar-refractivity contribution in [2.45, 2.75) is 19.3 Å². The van der Waals surface area contributed by atoms with Gasteiger partial charge in [-0.2, -0.15) is 0 Å². The van der Waals surface area contributed by atoms with Crippen molar-refractivity contribution in [3.05, 3.63) is 246 Å². The molecule has 0 unspecified atom stereocenters. The number of hydrogen-bond acceptors (Lipinski definition) is 1. The van der Waals surface area contributed by atoms with E-state index in [2.05, 4.69) is 231 Å². The first-order chi connectivity index (χ1) is 28.6. The highest BCUT2D eigenvalue weighted by molar-refractivity contribution is 5.96. The van der Waals surface area contributed by atoms with Crippen LogP contribution in [0.15, 0.2) is 212 Å². The lowest BCUT2D eigenvalue weighted by Crippen LogP contribution is -2.25. The third kappa shape index (κ3) is 5.17. The number of rotatable bonds is 6. The highest BCUT2D eigenvalue weighted by atomic mass is 15.1. The molecule has 274 valence electrons. The summed E-state index contributed by atoms with van der Waals surface area (Å²) in [5.74, 6) is 0. The number of benzene rings is 9. The van der Waals surface area contributed by atoms with Crippen molar-refractivity contribution in [2.75, 3.05) is 4.90 Å². The molecule has 0 amide bonds. The van der Waals surface area contributed by atoms with Gasteiger partial charge in [0, 0.05) is 17.1 Å². The molecule has 2 aliphatic rings. The largest absolute Gasteiger partial charge is 0.310 e. The fourth-order valence-electron chi connectivity index (χ4n) is 9.91. The average molecular weight is 740 g/mol. The molecule has 0 saturated heterocycles. The third-order valence-electron chi connectivity index (χ3n) is 12.6. The van der Waals surface area contributed by atoms with Gasteiger partial charge < -0.3 is 4.90 Å². The van der Waals surface area contributed by atoms with Gasteiger partial charge in [-0.1, -0.05) is 170 Å². The maximum Gasteiger partial charge on any atom is 0.0725 e. The summed E-state index contributed by atoms with van der Waals surface area (Å²) in [6, 6.07) is 78.3. The van der Waals surface area contributed by atoms with Crippen LogP contribution in [0, 0.1) is 13.8 Å². The van der Waals surface area contributed by atoms with E-state index in [4.69, 9.17) is 0 Å². The Morgan fingerprint density at radius 1 is 0.293 bits per heavy atom. The SMILES string of the molecule is Cc1cc(N(c2ccc(-c3ccccc3)cc2)c2ccc(-c3ccccc3)cc2)c(C)cc1-c1ccc2c(c1)-c1ccccc1C21c2ccccc2-c2ccccc21. The molecule has 2 aliphatic carbocycles. The van der Waals surface area contributed by atoms with Gasteiger partial charge in [-0.15, -0.1) is 0 Å².